The van der Waals surface area contributed by atoms with E-state index in [1.54, 1.807) is 30.7 Å². The quantitative estimate of drug-likeness (QED) is 0.269. The van der Waals surface area contributed by atoms with Crippen molar-refractivity contribution in [2.24, 2.45) is 16.1 Å². The molecule has 2 fully saturated rings. The molecule has 11 nitrogen and oxygen atoms in total. The smallest absolute Gasteiger partial charge is 0.270 e. The van der Waals surface area contributed by atoms with Gasteiger partial charge in [0.15, 0.2) is 23.0 Å². The third-order valence-corrected chi connectivity index (χ3v) is 9.67. The van der Waals surface area contributed by atoms with Crippen molar-refractivity contribution in [1.29, 1.82) is 0 Å². The molecular weight excluding hydrogens is 587 g/mol. The predicted molar refractivity (Wildman–Crippen MR) is 173 cm³/mol. The van der Waals surface area contributed by atoms with Crippen molar-refractivity contribution in [3.63, 3.8) is 0 Å². The van der Waals surface area contributed by atoms with Crippen LogP contribution in [0.1, 0.15) is 74.3 Å². The number of rotatable bonds is 7. The molecule has 2 saturated heterocycles. The summed E-state index contributed by atoms with van der Waals surface area (Å²) < 4.78 is 20.9. The van der Waals surface area contributed by atoms with E-state index in [-0.39, 0.29) is 47.2 Å². The summed E-state index contributed by atoms with van der Waals surface area (Å²) in [7, 11) is 1.42. The fraction of sp³-hybridized carbons (Fsp3) is 0.382. The summed E-state index contributed by atoms with van der Waals surface area (Å²) in [5.41, 5.74) is 11.4. The number of hydrogen-bond donors (Lipinski definition) is 1. The van der Waals surface area contributed by atoms with Gasteiger partial charge in [-0.3, -0.25) is 14.6 Å². The van der Waals surface area contributed by atoms with E-state index in [9.17, 15) is 14.0 Å². The number of hydrogen-bond acceptors (Lipinski definition) is 9. The first-order valence-electron chi connectivity index (χ1n) is 15.7. The number of ketones is 1. The largest absolute Gasteiger partial charge is 0.494 e. The fourth-order valence-corrected chi connectivity index (χ4v) is 7.35. The van der Waals surface area contributed by atoms with Gasteiger partial charge in [-0.05, 0) is 69.7 Å². The molecule has 236 valence electrons. The first-order valence-corrected chi connectivity index (χ1v) is 15.7. The van der Waals surface area contributed by atoms with Crippen LogP contribution in [0, 0.1) is 11.7 Å². The van der Waals surface area contributed by atoms with Crippen LogP contribution in [-0.4, -0.2) is 67.3 Å². The van der Waals surface area contributed by atoms with Gasteiger partial charge in [0.2, 0.25) is 0 Å². The number of nitrogens with zero attached hydrogens (tertiary/aromatic N) is 7. The highest BCUT2D eigenvalue weighted by Crippen LogP contribution is 2.45. The van der Waals surface area contributed by atoms with E-state index in [4.69, 9.17) is 15.5 Å². The summed E-state index contributed by atoms with van der Waals surface area (Å²) in [6, 6.07) is 8.43. The van der Waals surface area contributed by atoms with Crippen molar-refractivity contribution in [3.8, 4) is 28.1 Å². The Morgan fingerprint density at radius 3 is 2.50 bits per heavy atom. The van der Waals surface area contributed by atoms with Crippen molar-refractivity contribution in [1.82, 2.24) is 24.5 Å². The topological polar surface area (TPSA) is 140 Å². The normalized spacial score (nSPS) is 22.3. The van der Waals surface area contributed by atoms with E-state index in [0.29, 0.717) is 52.3 Å². The Kier molecular flexibility index (Phi) is 7.58. The summed E-state index contributed by atoms with van der Waals surface area (Å²) in [6.07, 6.45) is 9.83. The average Bonchev–Trinajstić information content (AvgIpc) is 3.61. The SMILES string of the molecule is CCC1CC=NN=C1C(=O)N1C2CCC1CC(c1nc3c(-c4ccc(-c5ccc(OC)c(F)c5)nc4)cnn3c(N)c1C(C)=O)C2. The third-order valence-electron chi connectivity index (χ3n) is 9.67. The summed E-state index contributed by atoms with van der Waals surface area (Å²) in [6.45, 7) is 3.57. The lowest BCUT2D eigenvalue weighted by Crippen LogP contribution is -2.50. The minimum Gasteiger partial charge on any atom is -0.494 e. The molecule has 1 amide bonds. The van der Waals surface area contributed by atoms with Crippen LogP contribution in [0.5, 0.6) is 5.75 Å². The number of nitrogen functional groups attached to an aromatic ring is 1. The molecule has 12 heteroatoms. The molecule has 3 aromatic heterocycles. The molecule has 2 bridgehead atoms. The van der Waals surface area contributed by atoms with E-state index in [2.05, 4.69) is 27.2 Å². The van der Waals surface area contributed by atoms with Gasteiger partial charge in [0.1, 0.15) is 11.5 Å². The first-order chi connectivity index (χ1) is 22.3. The zero-order valence-corrected chi connectivity index (χ0v) is 26.0. The van der Waals surface area contributed by atoms with Crippen LogP contribution in [0.2, 0.25) is 0 Å². The highest BCUT2D eigenvalue weighted by molar-refractivity contribution is 6.40. The van der Waals surface area contributed by atoms with E-state index in [1.807, 2.05) is 17.0 Å². The Balaban J connectivity index is 1.21. The van der Waals surface area contributed by atoms with Crippen LogP contribution in [0.4, 0.5) is 10.2 Å². The summed E-state index contributed by atoms with van der Waals surface area (Å²) in [5, 5.41) is 12.8. The Labute approximate surface area is 265 Å². The Morgan fingerprint density at radius 1 is 1.09 bits per heavy atom. The molecule has 3 atom stereocenters. The van der Waals surface area contributed by atoms with Gasteiger partial charge in [0, 0.05) is 53.0 Å². The summed E-state index contributed by atoms with van der Waals surface area (Å²) >= 11 is 0. The molecule has 0 spiro atoms. The monoisotopic (exact) mass is 622 g/mol. The van der Waals surface area contributed by atoms with Crippen molar-refractivity contribution < 1.29 is 18.7 Å². The number of anilines is 1. The maximum absolute atomic E-state index is 14.3. The van der Waals surface area contributed by atoms with Crippen LogP contribution >= 0.6 is 0 Å². The molecular formula is C34H35FN8O3. The molecule has 0 saturated carbocycles. The number of amides is 1. The fourth-order valence-electron chi connectivity index (χ4n) is 7.35. The highest BCUT2D eigenvalue weighted by atomic mass is 19.1. The molecule has 0 radical (unpaired) electrons. The molecule has 3 unspecified atom stereocenters. The maximum atomic E-state index is 14.3. The number of Topliss-reactive ketones (excluding diaryl/α,β-unsaturated/α-hetero) is 1. The van der Waals surface area contributed by atoms with Gasteiger partial charge < -0.3 is 15.4 Å². The van der Waals surface area contributed by atoms with Gasteiger partial charge in [-0.25, -0.2) is 9.37 Å². The van der Waals surface area contributed by atoms with Crippen molar-refractivity contribution in [2.45, 2.75) is 70.4 Å². The molecule has 1 aromatic carbocycles. The van der Waals surface area contributed by atoms with Crippen molar-refractivity contribution in [3.05, 3.63) is 59.8 Å². The summed E-state index contributed by atoms with van der Waals surface area (Å²) in [5.74, 6) is -0.236. The minimum atomic E-state index is -0.465. The lowest BCUT2D eigenvalue weighted by Gasteiger charge is -2.40. The van der Waals surface area contributed by atoms with Crippen LogP contribution < -0.4 is 10.5 Å². The Bertz CT molecular complexity index is 1900. The van der Waals surface area contributed by atoms with Gasteiger partial charge in [0.25, 0.3) is 5.91 Å². The zero-order chi connectivity index (χ0) is 32.1. The number of piperidine rings is 1. The number of pyridine rings is 1. The molecule has 4 aromatic rings. The van der Waals surface area contributed by atoms with Crippen molar-refractivity contribution >= 4 is 35.1 Å². The van der Waals surface area contributed by atoms with Gasteiger partial charge in [-0.15, -0.1) is 5.10 Å². The second-order valence-electron chi connectivity index (χ2n) is 12.3. The number of halogens is 1. The predicted octanol–water partition coefficient (Wildman–Crippen LogP) is 5.48. The molecule has 3 aliphatic rings. The van der Waals surface area contributed by atoms with E-state index in [0.717, 1.165) is 31.2 Å². The number of ether oxygens (including phenoxy) is 1. The molecule has 0 aliphatic carbocycles. The number of methoxy groups -OCH3 is 1. The molecule has 3 aliphatic heterocycles. The maximum Gasteiger partial charge on any atom is 0.270 e. The number of fused-ring (bicyclic) bond motifs is 3. The number of aromatic nitrogens is 4. The lowest BCUT2D eigenvalue weighted by atomic mass is 9.84. The van der Waals surface area contributed by atoms with E-state index in [1.165, 1.54) is 24.6 Å². The van der Waals surface area contributed by atoms with Crippen LogP contribution in [0.25, 0.3) is 28.0 Å². The second-order valence-corrected chi connectivity index (χ2v) is 12.3. The third kappa shape index (κ3) is 4.92. The zero-order valence-electron chi connectivity index (χ0n) is 26.0. The molecule has 2 N–H and O–H groups in total. The lowest BCUT2D eigenvalue weighted by molar-refractivity contribution is -0.128. The number of nitrogens with two attached hydrogens (primary N) is 1. The number of benzene rings is 1. The standard InChI is InChI=1S/C34H35FN8O3/c1-4-19-11-12-38-41-31(19)34(45)42-23-7-8-24(42)14-22(13-23)30-29(18(2)44)32(36)43-33(40-30)25(17-39-43)21-5-9-27(37-16-21)20-6-10-28(46-3)26(35)15-20/h5-6,9-10,12,15-17,19,22-24H,4,7-8,11,13-14,36H2,1-3H3. The Morgan fingerprint density at radius 2 is 1.85 bits per heavy atom. The average molecular weight is 623 g/mol. The number of carbonyl (C=O) groups excluding carboxylic acids is 2. The van der Waals surface area contributed by atoms with E-state index >= 15 is 0 Å². The molecule has 46 heavy (non-hydrogen) atoms. The Hall–Kier alpha value is -5.00. The van der Waals surface area contributed by atoms with Gasteiger partial charge >= 0.3 is 0 Å². The molecule has 6 heterocycles. The van der Waals surface area contributed by atoms with Crippen LogP contribution in [0.15, 0.2) is 52.9 Å². The summed E-state index contributed by atoms with van der Waals surface area (Å²) in [4.78, 5) is 38.4. The highest BCUT2D eigenvalue weighted by Gasteiger charge is 2.46. The van der Waals surface area contributed by atoms with Crippen LogP contribution in [-0.2, 0) is 4.79 Å². The van der Waals surface area contributed by atoms with Crippen LogP contribution in [0.3, 0.4) is 0 Å². The number of carbonyl (C=O) groups is 2. The van der Waals surface area contributed by atoms with Gasteiger partial charge in [-0.1, -0.05) is 13.0 Å². The first kappa shape index (κ1) is 29.7. The minimum absolute atomic E-state index is 0.0178. The van der Waals surface area contributed by atoms with Gasteiger partial charge in [-0.2, -0.15) is 14.7 Å². The van der Waals surface area contributed by atoms with Crippen molar-refractivity contribution in [2.75, 3.05) is 12.8 Å². The van der Waals surface area contributed by atoms with Gasteiger partial charge in [0.05, 0.1) is 30.3 Å². The molecule has 7 rings (SSSR count). The second kappa shape index (κ2) is 11.7. The van der Waals surface area contributed by atoms with E-state index < -0.39 is 5.82 Å².